The Balaban J connectivity index is 2.26. The second-order valence-electron chi connectivity index (χ2n) is 5.69. The third-order valence-corrected chi connectivity index (χ3v) is 4.03. The van der Waals surface area contributed by atoms with Gasteiger partial charge in [0.25, 0.3) is 0 Å². The van der Waals surface area contributed by atoms with Gasteiger partial charge in [-0.3, -0.25) is 4.98 Å². The van der Waals surface area contributed by atoms with Crippen LogP contribution in [0.4, 0.5) is 5.69 Å². The number of rotatable bonds is 5. The lowest BCUT2D eigenvalue weighted by atomic mass is 10.0. The maximum atomic E-state index is 5.92. The van der Waals surface area contributed by atoms with Gasteiger partial charge in [-0.15, -0.1) is 0 Å². The van der Waals surface area contributed by atoms with Gasteiger partial charge in [-0.25, -0.2) is 0 Å². The van der Waals surface area contributed by atoms with Gasteiger partial charge in [0.1, 0.15) is 4.99 Å². The monoisotopic (exact) mass is 307 g/mol. The van der Waals surface area contributed by atoms with E-state index in [9.17, 15) is 0 Å². The zero-order valence-corrected chi connectivity index (χ0v) is 14.0. The molecule has 0 aliphatic carbocycles. The van der Waals surface area contributed by atoms with E-state index in [4.69, 9.17) is 22.7 Å². The molecule has 0 saturated carbocycles. The van der Waals surface area contributed by atoms with Crippen LogP contribution in [-0.4, -0.2) is 35.8 Å². The minimum absolute atomic E-state index is 0.298. The van der Waals surface area contributed by atoms with Gasteiger partial charge in [-0.05, 0) is 39.2 Å². The lowest BCUT2D eigenvalue weighted by molar-refractivity contribution is 0.0440. The van der Waals surface area contributed by atoms with Crippen LogP contribution in [0, 0.1) is 13.8 Å². The molecule has 1 unspecified atom stereocenters. The van der Waals surface area contributed by atoms with Gasteiger partial charge < -0.3 is 15.4 Å². The lowest BCUT2D eigenvalue weighted by Gasteiger charge is -2.35. The van der Waals surface area contributed by atoms with E-state index in [0.29, 0.717) is 11.1 Å². The lowest BCUT2D eigenvalue weighted by Crippen LogP contribution is -2.41. The first kappa shape index (κ1) is 16.2. The van der Waals surface area contributed by atoms with E-state index in [1.54, 1.807) is 0 Å². The van der Waals surface area contributed by atoms with Crippen LogP contribution in [0.15, 0.2) is 6.07 Å². The zero-order chi connectivity index (χ0) is 15.4. The first-order valence-electron chi connectivity index (χ1n) is 7.67. The van der Waals surface area contributed by atoms with Crippen molar-refractivity contribution in [1.82, 2.24) is 4.98 Å². The van der Waals surface area contributed by atoms with E-state index >= 15 is 0 Å². The summed E-state index contributed by atoms with van der Waals surface area (Å²) >= 11 is 5.23. The molecular weight excluding hydrogens is 282 g/mol. The van der Waals surface area contributed by atoms with Crippen molar-refractivity contribution >= 4 is 22.9 Å². The molecule has 1 aliphatic heterocycles. The largest absolute Gasteiger partial charge is 0.389 e. The summed E-state index contributed by atoms with van der Waals surface area (Å²) in [6.45, 7) is 8.87. The highest BCUT2D eigenvalue weighted by Gasteiger charge is 2.24. The highest BCUT2D eigenvalue weighted by Crippen LogP contribution is 2.27. The molecule has 2 N–H and O–H groups in total. The van der Waals surface area contributed by atoms with Gasteiger partial charge in [0.15, 0.2) is 0 Å². The Hall–Kier alpha value is -1.20. The number of anilines is 1. The van der Waals surface area contributed by atoms with Gasteiger partial charge in [-0.1, -0.05) is 19.1 Å². The van der Waals surface area contributed by atoms with Crippen LogP contribution in [0.1, 0.15) is 43.1 Å². The Kier molecular flexibility index (Phi) is 5.53. The molecule has 1 aromatic rings. The molecule has 1 aromatic heterocycles. The molecule has 2 heterocycles. The fraction of sp³-hybridized carbons (Fsp3) is 0.625. The van der Waals surface area contributed by atoms with Crippen LogP contribution in [0.3, 0.4) is 0 Å². The first-order chi connectivity index (χ1) is 10.0. The number of aryl methyl sites for hydroxylation is 2. The number of nitrogens with zero attached hydrogens (tertiary/aromatic N) is 2. The number of hydrogen-bond acceptors (Lipinski definition) is 4. The SMILES string of the molecule is CCCOC1CCCN(c2cc(C)nc(C)c2C(N)=S)C1. The Bertz CT molecular complexity index is 518. The normalized spacial score (nSPS) is 18.8. The summed E-state index contributed by atoms with van der Waals surface area (Å²) in [6.07, 6.45) is 3.61. The number of ether oxygens (including phenoxy) is 1. The topological polar surface area (TPSA) is 51.4 Å². The molecule has 1 saturated heterocycles. The van der Waals surface area contributed by atoms with Crippen LogP contribution in [0.5, 0.6) is 0 Å². The van der Waals surface area contributed by atoms with Crippen molar-refractivity contribution in [3.8, 4) is 0 Å². The van der Waals surface area contributed by atoms with Gasteiger partial charge in [0, 0.05) is 31.1 Å². The van der Waals surface area contributed by atoms with Gasteiger partial charge >= 0.3 is 0 Å². The number of nitrogens with two attached hydrogens (primary N) is 1. The molecule has 0 spiro atoms. The molecule has 0 bridgehead atoms. The summed E-state index contributed by atoms with van der Waals surface area (Å²) in [5.41, 5.74) is 9.85. The van der Waals surface area contributed by atoms with E-state index in [1.807, 2.05) is 13.8 Å². The fourth-order valence-corrected chi connectivity index (χ4v) is 3.19. The highest BCUT2D eigenvalue weighted by atomic mass is 32.1. The first-order valence-corrected chi connectivity index (χ1v) is 8.08. The molecule has 1 atom stereocenters. The molecule has 116 valence electrons. The summed E-state index contributed by atoms with van der Waals surface area (Å²) in [7, 11) is 0. The smallest absolute Gasteiger partial charge is 0.107 e. The molecule has 21 heavy (non-hydrogen) atoms. The predicted molar refractivity (Wildman–Crippen MR) is 91.1 cm³/mol. The van der Waals surface area contributed by atoms with E-state index in [-0.39, 0.29) is 0 Å². The summed E-state index contributed by atoms with van der Waals surface area (Å²) in [5.74, 6) is 0. The molecule has 0 aromatic carbocycles. The van der Waals surface area contributed by atoms with E-state index in [0.717, 1.165) is 61.6 Å². The van der Waals surface area contributed by atoms with E-state index in [1.165, 1.54) is 0 Å². The summed E-state index contributed by atoms with van der Waals surface area (Å²) in [4.78, 5) is 7.26. The summed E-state index contributed by atoms with van der Waals surface area (Å²) in [6, 6.07) is 2.09. The van der Waals surface area contributed by atoms with Gasteiger partial charge in [0.05, 0.1) is 17.4 Å². The molecule has 1 aliphatic rings. The number of piperidine rings is 1. The van der Waals surface area contributed by atoms with E-state index < -0.39 is 0 Å². The number of hydrogen-bond donors (Lipinski definition) is 1. The van der Waals surface area contributed by atoms with Gasteiger partial charge in [-0.2, -0.15) is 0 Å². The molecular formula is C16H25N3OS. The number of pyridine rings is 1. The molecule has 2 rings (SSSR count). The average molecular weight is 307 g/mol. The van der Waals surface area contributed by atoms with E-state index in [2.05, 4.69) is 22.9 Å². The Labute approximate surface area is 132 Å². The minimum atomic E-state index is 0.298. The molecule has 0 amide bonds. The van der Waals surface area contributed by atoms with Crippen molar-refractivity contribution in [1.29, 1.82) is 0 Å². The van der Waals surface area contributed by atoms with Crippen LogP contribution < -0.4 is 10.6 Å². The second kappa shape index (κ2) is 7.18. The van der Waals surface area contributed by atoms with Crippen molar-refractivity contribution in [2.75, 3.05) is 24.6 Å². The zero-order valence-electron chi connectivity index (χ0n) is 13.2. The highest BCUT2D eigenvalue weighted by molar-refractivity contribution is 7.80. The van der Waals surface area contributed by atoms with Crippen LogP contribution in [0.25, 0.3) is 0 Å². The molecule has 5 heteroatoms. The van der Waals surface area contributed by atoms with Crippen molar-refractivity contribution in [2.24, 2.45) is 5.73 Å². The Morgan fingerprint density at radius 1 is 1.52 bits per heavy atom. The van der Waals surface area contributed by atoms with Crippen LogP contribution >= 0.6 is 12.2 Å². The average Bonchev–Trinajstić information content (AvgIpc) is 2.44. The fourth-order valence-electron chi connectivity index (χ4n) is 2.94. The number of thiocarbonyl (C=S) groups is 1. The maximum absolute atomic E-state index is 5.92. The quantitative estimate of drug-likeness (QED) is 0.848. The van der Waals surface area contributed by atoms with Crippen LogP contribution in [0.2, 0.25) is 0 Å². The van der Waals surface area contributed by atoms with Crippen molar-refractivity contribution in [2.45, 2.75) is 46.1 Å². The third-order valence-electron chi connectivity index (χ3n) is 3.83. The van der Waals surface area contributed by atoms with Crippen LogP contribution in [-0.2, 0) is 4.74 Å². The predicted octanol–water partition coefficient (Wildman–Crippen LogP) is 2.73. The van der Waals surface area contributed by atoms with Gasteiger partial charge in [0.2, 0.25) is 0 Å². The van der Waals surface area contributed by atoms with Crippen molar-refractivity contribution < 1.29 is 4.74 Å². The summed E-state index contributed by atoms with van der Waals surface area (Å²) in [5, 5.41) is 0. The minimum Gasteiger partial charge on any atom is -0.389 e. The number of aromatic nitrogens is 1. The molecule has 4 nitrogen and oxygen atoms in total. The summed E-state index contributed by atoms with van der Waals surface area (Å²) < 4.78 is 5.92. The Morgan fingerprint density at radius 3 is 2.95 bits per heavy atom. The molecule has 1 fully saturated rings. The second-order valence-corrected chi connectivity index (χ2v) is 6.13. The van der Waals surface area contributed by atoms with Crippen molar-refractivity contribution in [3.63, 3.8) is 0 Å². The standard InChI is InChI=1S/C16H25N3OS/c1-4-8-20-13-6-5-7-19(10-13)14-9-11(2)18-12(3)15(14)16(17)21/h9,13H,4-8,10H2,1-3H3,(H2,17,21). The van der Waals surface area contributed by atoms with Crippen molar-refractivity contribution in [3.05, 3.63) is 23.0 Å². The maximum Gasteiger partial charge on any atom is 0.107 e. The third kappa shape index (κ3) is 3.92. The molecule has 0 radical (unpaired) electrons. The Morgan fingerprint density at radius 2 is 2.29 bits per heavy atom.